The summed E-state index contributed by atoms with van der Waals surface area (Å²) in [7, 11) is 0. The smallest absolute Gasteiger partial charge is 0.326 e. The molecule has 1 aromatic rings. The number of nitrogens with two attached hydrogens (primary N) is 5. The van der Waals surface area contributed by atoms with Crippen molar-refractivity contribution in [2.45, 2.75) is 114 Å². The highest BCUT2D eigenvalue weighted by atomic mass is 16.4. The Hall–Kier alpha value is -7.09. The molecule has 1 aromatic carbocycles. The number of aromatic hydroxyl groups is 1. The standard InChI is InChI=1S/C38H60N12O14/c1-18(2)14-25(34(60)45-22(4-3-13-44-38(42)43)32(58)47-24(37(63)64)10-12-29(41)54)49-36(62)27(17-51)50-33(59)23(9-11-28(40)53)46-35(61)26(15-19-5-7-20(52)8-6-19)48-31(57)21(39)16-30(55)56/h5-8,18,21-27,51-52H,3-4,9-17,39H2,1-2H3,(H2,40,53)(H2,41,54)(H,45,60)(H,46,61)(H,47,58)(H,48,57)(H,49,62)(H,50,59)(H,55,56)(H,63,64)(H4,42,43,44)/t21-,22-,23-,24-,25-,26-,27-/m0/s1. The van der Waals surface area contributed by atoms with E-state index in [1.54, 1.807) is 13.8 Å². The van der Waals surface area contributed by atoms with Gasteiger partial charge >= 0.3 is 11.9 Å². The molecule has 0 spiro atoms. The minimum atomic E-state index is -1.80. The van der Waals surface area contributed by atoms with Crippen molar-refractivity contribution < 1.29 is 68.4 Å². The van der Waals surface area contributed by atoms with Gasteiger partial charge in [-0.05, 0) is 55.7 Å². The fourth-order valence-electron chi connectivity index (χ4n) is 5.77. The maximum Gasteiger partial charge on any atom is 0.326 e. The molecule has 8 amide bonds. The summed E-state index contributed by atoms with van der Waals surface area (Å²) in [6, 6.07) is -5.57. The van der Waals surface area contributed by atoms with Crippen LogP contribution < -0.4 is 60.6 Å². The van der Waals surface area contributed by atoms with Crippen LogP contribution in [0.15, 0.2) is 29.3 Å². The van der Waals surface area contributed by atoms with Crippen LogP contribution in [0.2, 0.25) is 0 Å². The highest BCUT2D eigenvalue weighted by molar-refractivity contribution is 5.97. The topological polar surface area (TPSA) is 466 Å². The number of phenols is 1. The van der Waals surface area contributed by atoms with E-state index >= 15 is 0 Å². The Balaban J connectivity index is 3.37. The van der Waals surface area contributed by atoms with Gasteiger partial charge in [0.2, 0.25) is 47.3 Å². The Morgan fingerprint density at radius 2 is 1.05 bits per heavy atom. The first-order valence-corrected chi connectivity index (χ1v) is 20.0. The van der Waals surface area contributed by atoms with Crippen LogP contribution in [0.3, 0.4) is 0 Å². The van der Waals surface area contributed by atoms with Crippen molar-refractivity contribution in [1.29, 1.82) is 0 Å². The molecule has 0 aliphatic rings. The third-order valence-corrected chi connectivity index (χ3v) is 9.08. The lowest BCUT2D eigenvalue weighted by Crippen LogP contribution is -2.60. The largest absolute Gasteiger partial charge is 0.508 e. The summed E-state index contributed by atoms with van der Waals surface area (Å²) in [6.07, 6.45) is -2.85. The number of carboxylic acids is 2. The van der Waals surface area contributed by atoms with Crippen molar-refractivity contribution in [3.8, 4) is 5.75 Å². The molecule has 0 heterocycles. The number of carboxylic acid groups (broad SMARTS) is 2. The van der Waals surface area contributed by atoms with E-state index in [-0.39, 0.29) is 62.7 Å². The molecule has 26 nitrogen and oxygen atoms in total. The van der Waals surface area contributed by atoms with Gasteiger partial charge < -0.3 is 81.0 Å². The van der Waals surface area contributed by atoms with E-state index in [1.807, 2.05) is 0 Å². The van der Waals surface area contributed by atoms with Gasteiger partial charge in [-0.3, -0.25) is 48.1 Å². The van der Waals surface area contributed by atoms with Crippen LogP contribution in [0.1, 0.15) is 70.8 Å². The highest BCUT2D eigenvalue weighted by Gasteiger charge is 2.34. The number of carbonyl (C=O) groups is 10. The van der Waals surface area contributed by atoms with Gasteiger partial charge in [0.1, 0.15) is 42.0 Å². The number of hydrogen-bond donors (Lipinski definition) is 15. The van der Waals surface area contributed by atoms with Crippen LogP contribution in [0, 0.1) is 5.92 Å². The number of primary amides is 2. The number of rotatable bonds is 30. The molecule has 26 heteroatoms. The summed E-state index contributed by atoms with van der Waals surface area (Å²) in [5.41, 5.74) is 27.2. The van der Waals surface area contributed by atoms with Crippen molar-refractivity contribution in [3.05, 3.63) is 29.8 Å². The Labute approximate surface area is 367 Å². The van der Waals surface area contributed by atoms with E-state index in [2.05, 4.69) is 36.9 Å². The number of benzene rings is 1. The molecule has 0 saturated heterocycles. The molecule has 356 valence electrons. The van der Waals surface area contributed by atoms with Crippen LogP contribution in [-0.2, 0) is 54.4 Å². The lowest BCUT2D eigenvalue weighted by atomic mass is 10.0. The molecule has 0 aliphatic heterocycles. The van der Waals surface area contributed by atoms with Crippen LogP contribution in [0.5, 0.6) is 5.75 Å². The van der Waals surface area contributed by atoms with E-state index in [1.165, 1.54) is 24.3 Å². The molecule has 0 aliphatic carbocycles. The Morgan fingerprint density at radius 1 is 0.609 bits per heavy atom. The van der Waals surface area contributed by atoms with E-state index in [4.69, 9.17) is 33.8 Å². The lowest BCUT2D eigenvalue weighted by Gasteiger charge is -2.27. The number of phenolic OH excluding ortho intramolecular Hbond substituents is 1. The Bertz CT molecular complexity index is 1840. The zero-order chi connectivity index (χ0) is 48.7. The number of guanidine groups is 1. The first-order valence-electron chi connectivity index (χ1n) is 20.0. The van der Waals surface area contributed by atoms with E-state index in [0.717, 1.165) is 0 Å². The quantitative estimate of drug-likeness (QED) is 0.0194. The average Bonchev–Trinajstić information content (AvgIpc) is 3.20. The highest BCUT2D eigenvalue weighted by Crippen LogP contribution is 2.13. The number of amides is 8. The monoisotopic (exact) mass is 908 g/mol. The number of aliphatic imine (C=N–C) groups is 1. The zero-order valence-electron chi connectivity index (χ0n) is 35.4. The van der Waals surface area contributed by atoms with Crippen molar-refractivity contribution in [1.82, 2.24) is 31.9 Å². The maximum absolute atomic E-state index is 13.7. The minimum Gasteiger partial charge on any atom is -0.508 e. The predicted octanol–water partition coefficient (Wildman–Crippen LogP) is -5.65. The molecule has 0 aromatic heterocycles. The number of aliphatic hydroxyl groups is 1. The number of aliphatic hydroxyl groups excluding tert-OH is 1. The average molecular weight is 909 g/mol. The molecular weight excluding hydrogens is 848 g/mol. The predicted molar refractivity (Wildman–Crippen MR) is 225 cm³/mol. The van der Waals surface area contributed by atoms with Crippen molar-refractivity contribution in [2.75, 3.05) is 13.2 Å². The number of carbonyl (C=O) groups excluding carboxylic acids is 8. The van der Waals surface area contributed by atoms with Crippen molar-refractivity contribution in [3.63, 3.8) is 0 Å². The summed E-state index contributed by atoms with van der Waals surface area (Å²) in [4.78, 5) is 131. The molecule has 0 radical (unpaired) electrons. The van der Waals surface area contributed by atoms with E-state index in [9.17, 15) is 63.3 Å². The van der Waals surface area contributed by atoms with Gasteiger partial charge in [0.25, 0.3) is 0 Å². The van der Waals surface area contributed by atoms with Crippen molar-refractivity contribution >= 4 is 65.2 Å². The molecule has 0 fully saturated rings. The normalized spacial score (nSPS) is 14.1. The second kappa shape index (κ2) is 27.8. The third kappa shape index (κ3) is 21.6. The minimum absolute atomic E-state index is 0.00557. The zero-order valence-corrected chi connectivity index (χ0v) is 35.4. The van der Waals surface area contributed by atoms with Crippen LogP contribution in [0.25, 0.3) is 0 Å². The molecule has 0 bridgehead atoms. The number of aliphatic carboxylic acids is 2. The van der Waals surface area contributed by atoms with Gasteiger partial charge in [0.05, 0.1) is 19.1 Å². The number of nitrogens with one attached hydrogen (secondary N) is 6. The van der Waals surface area contributed by atoms with Gasteiger partial charge in [-0.15, -0.1) is 0 Å². The number of hydrogen-bond acceptors (Lipinski definition) is 14. The SMILES string of the molecule is CC(C)C[C@H](NC(=O)[C@H](CO)NC(=O)[C@H](CCC(N)=O)NC(=O)[C@H](Cc1ccc(O)cc1)NC(=O)[C@@H](N)CC(=O)O)C(=O)N[C@@H](CCCN=C(N)N)C(=O)N[C@@H](CCC(N)=O)C(=O)O. The number of nitrogens with zero attached hydrogens (tertiary/aromatic N) is 1. The molecule has 7 atom stereocenters. The van der Waals surface area contributed by atoms with Gasteiger partial charge in [-0.1, -0.05) is 26.0 Å². The molecule has 0 saturated carbocycles. The third-order valence-electron chi connectivity index (χ3n) is 9.08. The maximum atomic E-state index is 13.7. The first kappa shape index (κ1) is 54.9. The van der Waals surface area contributed by atoms with Crippen LogP contribution in [-0.4, -0.2) is 141 Å². The Kier molecular flexibility index (Phi) is 23.8. The summed E-state index contributed by atoms with van der Waals surface area (Å²) >= 11 is 0. The first-order chi connectivity index (χ1) is 29.9. The van der Waals surface area contributed by atoms with Gasteiger partial charge in [-0.25, -0.2) is 4.79 Å². The summed E-state index contributed by atoms with van der Waals surface area (Å²) in [5.74, 6) is -11.5. The molecular formula is C38H60N12O14. The second-order valence-corrected chi connectivity index (χ2v) is 15.1. The molecule has 20 N–H and O–H groups in total. The van der Waals surface area contributed by atoms with Gasteiger partial charge in [-0.2, -0.15) is 0 Å². The second-order valence-electron chi connectivity index (χ2n) is 15.1. The summed E-state index contributed by atoms with van der Waals surface area (Å²) in [6.45, 7) is 2.32. The van der Waals surface area contributed by atoms with Crippen LogP contribution >= 0.6 is 0 Å². The lowest BCUT2D eigenvalue weighted by molar-refractivity contribution is -0.142. The Morgan fingerprint density at radius 3 is 1.53 bits per heavy atom. The van der Waals surface area contributed by atoms with Gasteiger partial charge in [0, 0.05) is 25.8 Å². The summed E-state index contributed by atoms with van der Waals surface area (Å²) in [5, 5.41) is 52.6. The van der Waals surface area contributed by atoms with E-state index < -0.39 is 127 Å². The van der Waals surface area contributed by atoms with E-state index in [0.29, 0.717) is 5.56 Å². The molecule has 1 rings (SSSR count). The molecule has 0 unspecified atom stereocenters. The van der Waals surface area contributed by atoms with Gasteiger partial charge in [0.15, 0.2) is 5.96 Å². The van der Waals surface area contributed by atoms with Crippen molar-refractivity contribution in [2.24, 2.45) is 39.6 Å². The molecule has 64 heavy (non-hydrogen) atoms. The fraction of sp³-hybridized carbons (Fsp3) is 0.553. The fourth-order valence-corrected chi connectivity index (χ4v) is 5.77. The summed E-state index contributed by atoms with van der Waals surface area (Å²) < 4.78 is 0. The van der Waals surface area contributed by atoms with Crippen LogP contribution in [0.4, 0.5) is 0 Å².